The van der Waals surface area contributed by atoms with Gasteiger partial charge < -0.3 is 9.84 Å². The van der Waals surface area contributed by atoms with Gasteiger partial charge in [-0.3, -0.25) is 0 Å². The lowest BCUT2D eigenvalue weighted by Gasteiger charge is -2.03. The van der Waals surface area contributed by atoms with E-state index in [1.165, 1.54) is 18.6 Å². The number of benzene rings is 1. The summed E-state index contributed by atoms with van der Waals surface area (Å²) in [6.45, 7) is 2.16. The number of hydrogen-bond acceptors (Lipinski definition) is 4. The van der Waals surface area contributed by atoms with E-state index in [-0.39, 0.29) is 5.02 Å². The molecule has 3 rings (SSSR count). The molecule has 1 aliphatic heterocycles. The normalized spacial score (nSPS) is 18.6. The highest BCUT2D eigenvalue weighted by molar-refractivity contribution is 6.31. The standard InChI is InChI=1S/C14H15ClFN3O/c15-11-7-10(2-3-12(11)16)14-18-13(20-19-14)4-1-9-5-6-17-8-9/h2-3,7,9,17H,1,4-6,8H2. The fourth-order valence-electron chi connectivity index (χ4n) is 2.40. The number of aromatic nitrogens is 2. The van der Waals surface area contributed by atoms with Gasteiger partial charge >= 0.3 is 0 Å². The lowest BCUT2D eigenvalue weighted by Crippen LogP contribution is -2.09. The largest absolute Gasteiger partial charge is 0.339 e. The molecule has 106 valence electrons. The van der Waals surface area contributed by atoms with Crippen molar-refractivity contribution in [3.8, 4) is 11.4 Å². The predicted molar refractivity (Wildman–Crippen MR) is 74.0 cm³/mol. The topological polar surface area (TPSA) is 51.0 Å². The quantitative estimate of drug-likeness (QED) is 0.942. The lowest BCUT2D eigenvalue weighted by molar-refractivity contribution is 0.365. The maximum Gasteiger partial charge on any atom is 0.226 e. The minimum absolute atomic E-state index is 0.0610. The van der Waals surface area contributed by atoms with Gasteiger partial charge in [-0.25, -0.2) is 4.39 Å². The average molecular weight is 296 g/mol. The smallest absolute Gasteiger partial charge is 0.226 e. The Morgan fingerprint density at radius 3 is 3.10 bits per heavy atom. The van der Waals surface area contributed by atoms with Gasteiger partial charge in [0.25, 0.3) is 0 Å². The molecule has 4 nitrogen and oxygen atoms in total. The second-order valence-electron chi connectivity index (χ2n) is 5.04. The van der Waals surface area contributed by atoms with E-state index in [0.717, 1.165) is 25.9 Å². The Morgan fingerprint density at radius 1 is 1.45 bits per heavy atom. The molecule has 2 heterocycles. The summed E-state index contributed by atoms with van der Waals surface area (Å²) < 4.78 is 18.3. The molecule has 0 amide bonds. The van der Waals surface area contributed by atoms with E-state index < -0.39 is 5.82 Å². The molecule has 1 saturated heterocycles. The van der Waals surface area contributed by atoms with Gasteiger partial charge in [0.05, 0.1) is 5.02 Å². The number of halogens is 2. The third kappa shape index (κ3) is 2.99. The molecule has 0 bridgehead atoms. The van der Waals surface area contributed by atoms with Crippen molar-refractivity contribution >= 4 is 11.6 Å². The summed E-state index contributed by atoms with van der Waals surface area (Å²) in [7, 11) is 0. The van der Waals surface area contributed by atoms with Crippen LogP contribution in [0.3, 0.4) is 0 Å². The van der Waals surface area contributed by atoms with E-state index in [1.54, 1.807) is 6.07 Å². The van der Waals surface area contributed by atoms with Crippen LogP contribution in [0.4, 0.5) is 4.39 Å². The van der Waals surface area contributed by atoms with Gasteiger partial charge in [-0.15, -0.1) is 0 Å². The van der Waals surface area contributed by atoms with Gasteiger partial charge in [-0.05, 0) is 50.0 Å². The summed E-state index contributed by atoms with van der Waals surface area (Å²) >= 11 is 5.75. The van der Waals surface area contributed by atoms with E-state index in [9.17, 15) is 4.39 Å². The highest BCUT2D eigenvalue weighted by Gasteiger charge is 2.16. The van der Waals surface area contributed by atoms with E-state index in [2.05, 4.69) is 15.5 Å². The van der Waals surface area contributed by atoms with Gasteiger partial charge in [0.15, 0.2) is 0 Å². The Balaban J connectivity index is 1.67. The summed E-state index contributed by atoms with van der Waals surface area (Å²) in [5, 5.41) is 7.31. The molecule has 1 atom stereocenters. The Kier molecular flexibility index (Phi) is 3.98. The summed E-state index contributed by atoms with van der Waals surface area (Å²) in [6.07, 6.45) is 3.02. The molecule has 1 N–H and O–H groups in total. The molecule has 1 aromatic carbocycles. The third-order valence-electron chi connectivity index (χ3n) is 3.57. The van der Waals surface area contributed by atoms with Crippen LogP contribution in [-0.2, 0) is 6.42 Å². The van der Waals surface area contributed by atoms with Crippen LogP contribution in [-0.4, -0.2) is 23.2 Å². The summed E-state index contributed by atoms with van der Waals surface area (Å²) in [5.74, 6) is 1.30. The summed E-state index contributed by atoms with van der Waals surface area (Å²) in [4.78, 5) is 4.33. The van der Waals surface area contributed by atoms with Crippen LogP contribution in [0.15, 0.2) is 22.7 Å². The van der Waals surface area contributed by atoms with E-state index in [1.807, 2.05) is 0 Å². The van der Waals surface area contributed by atoms with Crippen molar-refractivity contribution in [1.29, 1.82) is 0 Å². The molecule has 20 heavy (non-hydrogen) atoms. The maximum atomic E-state index is 13.1. The van der Waals surface area contributed by atoms with Gasteiger partial charge in [-0.2, -0.15) is 4.98 Å². The van der Waals surface area contributed by atoms with Crippen LogP contribution in [0, 0.1) is 11.7 Å². The third-order valence-corrected chi connectivity index (χ3v) is 3.86. The Labute approximate surface area is 121 Å². The highest BCUT2D eigenvalue weighted by atomic mass is 35.5. The van der Waals surface area contributed by atoms with Crippen LogP contribution >= 0.6 is 11.6 Å². The zero-order chi connectivity index (χ0) is 13.9. The van der Waals surface area contributed by atoms with Gasteiger partial charge in [0.1, 0.15) is 5.82 Å². The van der Waals surface area contributed by atoms with Gasteiger partial charge in [0.2, 0.25) is 11.7 Å². The molecule has 1 aromatic heterocycles. The summed E-state index contributed by atoms with van der Waals surface area (Å²) in [6, 6.07) is 4.40. The molecule has 2 aromatic rings. The molecule has 1 unspecified atom stereocenters. The lowest BCUT2D eigenvalue weighted by atomic mass is 10.0. The van der Waals surface area contributed by atoms with Crippen LogP contribution < -0.4 is 5.32 Å². The van der Waals surface area contributed by atoms with Crippen molar-refractivity contribution < 1.29 is 8.91 Å². The molecule has 1 fully saturated rings. The highest BCUT2D eigenvalue weighted by Crippen LogP contribution is 2.23. The zero-order valence-electron chi connectivity index (χ0n) is 10.9. The molecule has 0 saturated carbocycles. The van der Waals surface area contributed by atoms with Crippen LogP contribution in [0.1, 0.15) is 18.7 Å². The number of hydrogen-bond donors (Lipinski definition) is 1. The van der Waals surface area contributed by atoms with E-state index >= 15 is 0 Å². The monoisotopic (exact) mass is 295 g/mol. The SMILES string of the molecule is Fc1ccc(-c2noc(CCC3CCNC3)n2)cc1Cl. The molecule has 6 heteroatoms. The molecule has 0 aliphatic carbocycles. The first-order valence-corrected chi connectivity index (χ1v) is 7.09. The van der Waals surface area contributed by atoms with Crippen LogP contribution in [0.25, 0.3) is 11.4 Å². The van der Waals surface area contributed by atoms with Crippen molar-refractivity contribution in [2.75, 3.05) is 13.1 Å². The number of nitrogens with zero attached hydrogens (tertiary/aromatic N) is 2. The van der Waals surface area contributed by atoms with Gasteiger partial charge in [0, 0.05) is 12.0 Å². The van der Waals surface area contributed by atoms with E-state index in [4.69, 9.17) is 16.1 Å². The second kappa shape index (κ2) is 5.89. The van der Waals surface area contributed by atoms with Gasteiger partial charge in [-0.1, -0.05) is 16.8 Å². The molecular weight excluding hydrogens is 281 g/mol. The van der Waals surface area contributed by atoms with E-state index in [0.29, 0.717) is 23.2 Å². The zero-order valence-corrected chi connectivity index (χ0v) is 11.7. The first-order valence-electron chi connectivity index (χ1n) is 6.71. The molecular formula is C14H15ClFN3O. The number of nitrogens with one attached hydrogen (secondary N) is 1. The second-order valence-corrected chi connectivity index (χ2v) is 5.45. The Hall–Kier alpha value is -1.46. The van der Waals surface area contributed by atoms with Crippen LogP contribution in [0.2, 0.25) is 5.02 Å². The maximum absolute atomic E-state index is 13.1. The van der Waals surface area contributed by atoms with Crippen molar-refractivity contribution in [1.82, 2.24) is 15.5 Å². The van der Waals surface area contributed by atoms with Crippen LogP contribution in [0.5, 0.6) is 0 Å². The summed E-state index contributed by atoms with van der Waals surface area (Å²) in [5.41, 5.74) is 0.661. The number of aryl methyl sites for hydroxylation is 1. The Morgan fingerprint density at radius 2 is 2.35 bits per heavy atom. The van der Waals surface area contributed by atoms with Crippen molar-refractivity contribution in [2.45, 2.75) is 19.3 Å². The molecule has 0 spiro atoms. The number of rotatable bonds is 4. The Bertz CT molecular complexity index is 596. The fraction of sp³-hybridized carbons (Fsp3) is 0.429. The average Bonchev–Trinajstić information content (AvgIpc) is 3.10. The fourth-order valence-corrected chi connectivity index (χ4v) is 2.58. The predicted octanol–water partition coefficient (Wildman–Crippen LogP) is 3.07. The minimum atomic E-state index is -0.451. The first-order chi connectivity index (χ1) is 9.72. The first kappa shape index (κ1) is 13.5. The molecule has 0 radical (unpaired) electrons. The molecule has 1 aliphatic rings. The minimum Gasteiger partial charge on any atom is -0.339 e. The van der Waals surface area contributed by atoms with Crippen molar-refractivity contribution in [3.63, 3.8) is 0 Å². The van der Waals surface area contributed by atoms with Crippen molar-refractivity contribution in [2.24, 2.45) is 5.92 Å². The van der Waals surface area contributed by atoms with Crippen molar-refractivity contribution in [3.05, 3.63) is 34.9 Å².